The molecule has 1 saturated carbocycles. The van der Waals surface area contributed by atoms with E-state index in [1.54, 1.807) is 0 Å². The van der Waals surface area contributed by atoms with Crippen molar-refractivity contribution in [3.63, 3.8) is 0 Å². The van der Waals surface area contributed by atoms with Crippen molar-refractivity contribution in [3.05, 3.63) is 0 Å². The Morgan fingerprint density at radius 1 is 1.00 bits per heavy atom. The Morgan fingerprint density at radius 2 is 1.71 bits per heavy atom. The quantitative estimate of drug-likeness (QED) is 0.822. The average Bonchev–Trinajstić information content (AvgIpc) is 2.70. The zero-order valence-corrected chi connectivity index (χ0v) is 14.5. The first-order valence-electron chi connectivity index (χ1n) is 9.64. The molecule has 3 fully saturated rings. The molecule has 2 heterocycles. The number of nitrogens with zero attached hydrogens (tertiary/aromatic N) is 1. The van der Waals surface area contributed by atoms with E-state index in [4.69, 9.17) is 0 Å². The predicted octanol–water partition coefficient (Wildman–Crippen LogP) is 4.05. The van der Waals surface area contributed by atoms with Crippen LogP contribution in [0.3, 0.4) is 0 Å². The highest BCUT2D eigenvalue weighted by atomic mass is 15.2. The lowest BCUT2D eigenvalue weighted by atomic mass is 9.71. The maximum Gasteiger partial charge on any atom is 0.0125 e. The van der Waals surface area contributed by atoms with Crippen LogP contribution in [-0.4, -0.2) is 36.6 Å². The van der Waals surface area contributed by atoms with E-state index in [0.29, 0.717) is 0 Å². The highest BCUT2D eigenvalue weighted by Crippen LogP contribution is 2.42. The standard InChI is InChI=1S/C19H36N2/c1-4-10-20-19(15-7-5-6-14(2)11-15)16-12-17-8-9-18(13-16)21(17)3/h14-20H,4-13H2,1-3H3. The first-order chi connectivity index (χ1) is 10.2. The molecule has 1 N–H and O–H groups in total. The van der Waals surface area contributed by atoms with Gasteiger partial charge < -0.3 is 10.2 Å². The van der Waals surface area contributed by atoms with Crippen molar-refractivity contribution in [3.8, 4) is 0 Å². The van der Waals surface area contributed by atoms with Gasteiger partial charge in [0.05, 0.1) is 0 Å². The number of rotatable bonds is 5. The minimum absolute atomic E-state index is 0.810. The molecule has 5 atom stereocenters. The van der Waals surface area contributed by atoms with E-state index in [2.05, 4.69) is 31.1 Å². The SMILES string of the molecule is CCCNC(C1CCCC(C)C1)C1CC2CCC(C1)N2C. The molecular formula is C19H36N2. The molecule has 122 valence electrons. The van der Waals surface area contributed by atoms with E-state index in [-0.39, 0.29) is 0 Å². The lowest BCUT2D eigenvalue weighted by molar-refractivity contribution is 0.0808. The molecule has 0 amide bonds. The van der Waals surface area contributed by atoms with E-state index in [1.165, 1.54) is 64.3 Å². The lowest BCUT2D eigenvalue weighted by Crippen LogP contribution is -2.50. The van der Waals surface area contributed by atoms with Gasteiger partial charge in [0.1, 0.15) is 0 Å². The summed E-state index contributed by atoms with van der Waals surface area (Å²) in [4.78, 5) is 2.69. The van der Waals surface area contributed by atoms with Gasteiger partial charge in [-0.15, -0.1) is 0 Å². The van der Waals surface area contributed by atoms with Crippen LogP contribution in [0.4, 0.5) is 0 Å². The first-order valence-corrected chi connectivity index (χ1v) is 9.64. The highest BCUT2D eigenvalue weighted by molar-refractivity contribution is 4.98. The van der Waals surface area contributed by atoms with Gasteiger partial charge in [0, 0.05) is 18.1 Å². The molecule has 2 bridgehead atoms. The number of fused-ring (bicyclic) bond motifs is 2. The van der Waals surface area contributed by atoms with Gasteiger partial charge in [0.2, 0.25) is 0 Å². The molecule has 0 aromatic heterocycles. The Hall–Kier alpha value is -0.0800. The second kappa shape index (κ2) is 7.00. The Morgan fingerprint density at radius 3 is 2.33 bits per heavy atom. The molecule has 0 spiro atoms. The summed E-state index contributed by atoms with van der Waals surface area (Å²) in [7, 11) is 2.37. The van der Waals surface area contributed by atoms with Crippen LogP contribution in [0.5, 0.6) is 0 Å². The fraction of sp³-hybridized carbons (Fsp3) is 1.00. The summed E-state index contributed by atoms with van der Waals surface area (Å²) in [5.41, 5.74) is 0. The molecule has 2 saturated heterocycles. The van der Waals surface area contributed by atoms with Gasteiger partial charge in [-0.2, -0.15) is 0 Å². The monoisotopic (exact) mass is 292 g/mol. The number of piperidine rings is 1. The third-order valence-corrected chi connectivity index (χ3v) is 6.76. The number of nitrogens with one attached hydrogen (secondary N) is 1. The zero-order chi connectivity index (χ0) is 14.8. The molecule has 2 nitrogen and oxygen atoms in total. The summed E-state index contributed by atoms with van der Waals surface area (Å²) in [6, 6.07) is 2.59. The Labute approximate surface area is 132 Å². The predicted molar refractivity (Wildman–Crippen MR) is 90.5 cm³/mol. The van der Waals surface area contributed by atoms with E-state index < -0.39 is 0 Å². The van der Waals surface area contributed by atoms with Crippen LogP contribution in [0, 0.1) is 17.8 Å². The number of hydrogen-bond acceptors (Lipinski definition) is 2. The van der Waals surface area contributed by atoms with Gasteiger partial charge in [-0.1, -0.05) is 26.7 Å². The van der Waals surface area contributed by atoms with Crippen LogP contribution < -0.4 is 5.32 Å². The van der Waals surface area contributed by atoms with Crippen LogP contribution in [0.25, 0.3) is 0 Å². The molecular weight excluding hydrogens is 256 g/mol. The maximum atomic E-state index is 3.99. The van der Waals surface area contributed by atoms with Crippen LogP contribution in [0.2, 0.25) is 0 Å². The van der Waals surface area contributed by atoms with E-state index in [0.717, 1.165) is 35.9 Å². The molecule has 3 aliphatic rings. The third-order valence-electron chi connectivity index (χ3n) is 6.76. The van der Waals surface area contributed by atoms with Crippen molar-refractivity contribution in [2.45, 2.75) is 89.8 Å². The highest BCUT2D eigenvalue weighted by Gasteiger charge is 2.42. The maximum absolute atomic E-state index is 3.99. The number of hydrogen-bond donors (Lipinski definition) is 1. The fourth-order valence-corrected chi connectivity index (χ4v) is 5.58. The van der Waals surface area contributed by atoms with Gasteiger partial charge >= 0.3 is 0 Å². The van der Waals surface area contributed by atoms with Crippen molar-refractivity contribution in [2.75, 3.05) is 13.6 Å². The lowest BCUT2D eigenvalue weighted by Gasteiger charge is -2.44. The second-order valence-electron chi connectivity index (χ2n) is 8.29. The molecule has 0 aromatic carbocycles. The molecule has 21 heavy (non-hydrogen) atoms. The van der Waals surface area contributed by atoms with Crippen LogP contribution >= 0.6 is 0 Å². The van der Waals surface area contributed by atoms with E-state index in [9.17, 15) is 0 Å². The van der Waals surface area contributed by atoms with Crippen molar-refractivity contribution in [1.82, 2.24) is 10.2 Å². The molecule has 2 aliphatic heterocycles. The summed E-state index contributed by atoms with van der Waals surface area (Å²) in [6.45, 7) is 6.00. The van der Waals surface area contributed by atoms with E-state index in [1.807, 2.05) is 0 Å². The largest absolute Gasteiger partial charge is 0.313 e. The topological polar surface area (TPSA) is 15.3 Å². The van der Waals surface area contributed by atoms with Gasteiger partial charge in [-0.3, -0.25) is 0 Å². The Balaban J connectivity index is 1.67. The van der Waals surface area contributed by atoms with Crippen molar-refractivity contribution in [1.29, 1.82) is 0 Å². The van der Waals surface area contributed by atoms with Crippen molar-refractivity contribution in [2.24, 2.45) is 17.8 Å². The van der Waals surface area contributed by atoms with Gasteiger partial charge in [-0.05, 0) is 76.3 Å². The molecule has 1 aliphatic carbocycles. The summed E-state index contributed by atoms with van der Waals surface area (Å²) >= 11 is 0. The minimum Gasteiger partial charge on any atom is -0.313 e. The summed E-state index contributed by atoms with van der Waals surface area (Å²) < 4.78 is 0. The third kappa shape index (κ3) is 3.47. The minimum atomic E-state index is 0.810. The Bertz CT molecular complexity index is 316. The molecule has 5 unspecified atom stereocenters. The molecule has 0 radical (unpaired) electrons. The van der Waals surface area contributed by atoms with E-state index >= 15 is 0 Å². The summed E-state index contributed by atoms with van der Waals surface area (Å²) in [6.07, 6.45) is 13.0. The molecule has 0 aromatic rings. The Kier molecular flexibility index (Phi) is 5.27. The van der Waals surface area contributed by atoms with Gasteiger partial charge in [0.15, 0.2) is 0 Å². The van der Waals surface area contributed by atoms with Gasteiger partial charge in [-0.25, -0.2) is 0 Å². The summed E-state index contributed by atoms with van der Waals surface area (Å²) in [5, 5.41) is 3.99. The second-order valence-corrected chi connectivity index (χ2v) is 8.29. The summed E-state index contributed by atoms with van der Waals surface area (Å²) in [5.74, 6) is 2.85. The van der Waals surface area contributed by atoms with Crippen LogP contribution in [0.1, 0.15) is 71.6 Å². The molecule has 3 rings (SSSR count). The average molecular weight is 293 g/mol. The van der Waals surface area contributed by atoms with Crippen LogP contribution in [-0.2, 0) is 0 Å². The normalized spacial score (nSPS) is 42.1. The molecule has 2 heteroatoms. The van der Waals surface area contributed by atoms with Gasteiger partial charge in [0.25, 0.3) is 0 Å². The fourth-order valence-electron chi connectivity index (χ4n) is 5.58. The zero-order valence-electron chi connectivity index (χ0n) is 14.5. The first kappa shape index (κ1) is 15.8. The van der Waals surface area contributed by atoms with Crippen LogP contribution in [0.15, 0.2) is 0 Å². The van der Waals surface area contributed by atoms with Crippen molar-refractivity contribution >= 4 is 0 Å². The van der Waals surface area contributed by atoms with Crippen molar-refractivity contribution < 1.29 is 0 Å². The smallest absolute Gasteiger partial charge is 0.0125 e.